The second-order valence-corrected chi connectivity index (χ2v) is 7.97. The van der Waals surface area contributed by atoms with Gasteiger partial charge in [-0.1, -0.05) is 61.9 Å². The Balaban J connectivity index is 2.40. The Morgan fingerprint density at radius 2 is 1.75 bits per heavy atom. The summed E-state index contributed by atoms with van der Waals surface area (Å²) < 4.78 is 30.8. The van der Waals surface area contributed by atoms with E-state index in [2.05, 4.69) is 5.32 Å². The van der Waals surface area contributed by atoms with Crippen LogP contribution in [0.3, 0.4) is 0 Å². The summed E-state index contributed by atoms with van der Waals surface area (Å²) in [5.74, 6) is -2.72. The normalized spacial score (nSPS) is 12.4. The van der Waals surface area contributed by atoms with Gasteiger partial charge >= 0.3 is 5.97 Å². The first kappa shape index (κ1) is 21.6. The lowest BCUT2D eigenvalue weighted by atomic mass is 9.92. The number of carbonyl (C=O) groups excluding carboxylic acids is 1. The molecule has 0 spiro atoms. The van der Waals surface area contributed by atoms with Crippen molar-refractivity contribution in [3.63, 3.8) is 0 Å². The maximum absolute atomic E-state index is 13.0. The fourth-order valence-electron chi connectivity index (χ4n) is 2.96. The number of carboxylic acid groups (broad SMARTS) is 1. The summed E-state index contributed by atoms with van der Waals surface area (Å²) in [4.78, 5) is 24.4. The van der Waals surface area contributed by atoms with Gasteiger partial charge < -0.3 is 10.4 Å². The highest BCUT2D eigenvalue weighted by Gasteiger charge is 2.25. The van der Waals surface area contributed by atoms with E-state index in [1.54, 1.807) is 6.07 Å². The first-order valence-corrected chi connectivity index (χ1v) is 10.5. The van der Waals surface area contributed by atoms with Gasteiger partial charge in [-0.25, -0.2) is 4.79 Å². The molecule has 0 aliphatic heterocycles. The lowest BCUT2D eigenvalue weighted by Gasteiger charge is -2.18. The van der Waals surface area contributed by atoms with Crippen LogP contribution in [0.5, 0.6) is 0 Å². The number of nitrogens with one attached hydrogen (secondary N) is 1. The number of carbonyl (C=O) groups is 2. The molecule has 0 saturated heterocycles. The Morgan fingerprint density at radius 1 is 1.07 bits per heavy atom. The first-order chi connectivity index (χ1) is 13.2. The molecule has 0 fully saturated rings. The molecular formula is C20H23NO6S. The summed E-state index contributed by atoms with van der Waals surface area (Å²) in [6.45, 7) is 1.98. The van der Waals surface area contributed by atoms with Crippen LogP contribution in [0.4, 0.5) is 0 Å². The van der Waals surface area contributed by atoms with Crippen molar-refractivity contribution in [1.82, 2.24) is 5.32 Å². The second kappa shape index (κ2) is 9.48. The third kappa shape index (κ3) is 5.90. The zero-order valence-electron chi connectivity index (χ0n) is 15.5. The molecule has 1 amide bonds. The summed E-state index contributed by atoms with van der Waals surface area (Å²) >= 11 is 0. The van der Waals surface area contributed by atoms with Gasteiger partial charge in [0, 0.05) is 0 Å². The second-order valence-electron chi connectivity index (χ2n) is 6.39. The topological polar surface area (TPSA) is 121 Å². The Kier molecular flexibility index (Phi) is 7.31. The van der Waals surface area contributed by atoms with Crippen molar-refractivity contribution < 1.29 is 27.7 Å². The first-order valence-electron chi connectivity index (χ1n) is 8.89. The van der Waals surface area contributed by atoms with E-state index in [-0.39, 0.29) is 0 Å². The molecule has 3 N–H and O–H groups in total. The predicted octanol–water partition coefficient (Wildman–Crippen LogP) is 2.77. The Morgan fingerprint density at radius 3 is 2.32 bits per heavy atom. The standard InChI is InChI=1S/C20H23NO6S/c1-2-7-15-10-6-11-16(14-8-4-3-5-9-14)18(15)19(22)21-17(20(23)24)12-13-28(25,26)27/h3-6,8-11,17H,2,7,12-13H2,1H3,(H,21,22)(H,23,24)(H,25,26,27)/t17-/m0/s1. The van der Waals surface area contributed by atoms with Gasteiger partial charge in [0.25, 0.3) is 16.0 Å². The number of rotatable bonds is 9. The highest BCUT2D eigenvalue weighted by molar-refractivity contribution is 7.85. The molecule has 2 rings (SSSR count). The summed E-state index contributed by atoms with van der Waals surface area (Å²) in [7, 11) is -4.34. The van der Waals surface area contributed by atoms with E-state index in [0.717, 1.165) is 17.5 Å². The molecule has 1 atom stereocenters. The molecule has 2 aromatic carbocycles. The van der Waals surface area contributed by atoms with Crippen molar-refractivity contribution >= 4 is 22.0 Å². The van der Waals surface area contributed by atoms with Crippen molar-refractivity contribution in [1.29, 1.82) is 0 Å². The van der Waals surface area contributed by atoms with Crippen molar-refractivity contribution in [2.75, 3.05) is 5.75 Å². The minimum absolute atomic E-state index is 0.369. The molecule has 0 heterocycles. The average Bonchev–Trinajstić information content (AvgIpc) is 2.64. The summed E-state index contributed by atoms with van der Waals surface area (Å²) in [6, 6.07) is 13.3. The molecule has 0 bridgehead atoms. The molecule has 150 valence electrons. The van der Waals surface area contributed by atoms with Crippen LogP contribution < -0.4 is 5.32 Å². The SMILES string of the molecule is CCCc1cccc(-c2ccccc2)c1C(=O)N[C@@H](CCS(=O)(=O)O)C(=O)O. The van der Waals surface area contributed by atoms with Gasteiger partial charge in [0.1, 0.15) is 6.04 Å². The third-order valence-corrected chi connectivity index (χ3v) is 5.00. The molecule has 2 aromatic rings. The molecule has 0 unspecified atom stereocenters. The van der Waals surface area contributed by atoms with Crippen LogP contribution >= 0.6 is 0 Å². The van der Waals surface area contributed by atoms with E-state index in [1.807, 2.05) is 49.4 Å². The average molecular weight is 405 g/mol. The Labute approximate surface area is 164 Å². The van der Waals surface area contributed by atoms with E-state index >= 15 is 0 Å². The Bertz CT molecular complexity index is 940. The lowest BCUT2D eigenvalue weighted by Crippen LogP contribution is -2.42. The number of hydrogen-bond acceptors (Lipinski definition) is 4. The maximum Gasteiger partial charge on any atom is 0.326 e. The summed E-state index contributed by atoms with van der Waals surface area (Å²) in [5.41, 5.74) is 2.63. The molecule has 28 heavy (non-hydrogen) atoms. The van der Waals surface area contributed by atoms with Gasteiger partial charge in [0.05, 0.1) is 11.3 Å². The van der Waals surface area contributed by atoms with Crippen molar-refractivity contribution in [2.45, 2.75) is 32.2 Å². The molecule has 0 aromatic heterocycles. The van der Waals surface area contributed by atoms with Gasteiger partial charge in [0.2, 0.25) is 0 Å². The minimum Gasteiger partial charge on any atom is -0.480 e. The summed E-state index contributed by atoms with van der Waals surface area (Å²) in [6.07, 6.45) is 0.992. The fourth-order valence-corrected chi connectivity index (χ4v) is 3.49. The van der Waals surface area contributed by atoms with Gasteiger partial charge in [0.15, 0.2) is 0 Å². The maximum atomic E-state index is 13.0. The van der Waals surface area contributed by atoms with E-state index in [1.165, 1.54) is 0 Å². The van der Waals surface area contributed by atoms with E-state index < -0.39 is 40.2 Å². The van der Waals surface area contributed by atoms with Crippen LogP contribution in [0.25, 0.3) is 11.1 Å². The number of benzene rings is 2. The number of aliphatic carboxylic acids is 1. The monoisotopic (exact) mass is 405 g/mol. The smallest absolute Gasteiger partial charge is 0.326 e. The number of amides is 1. The summed E-state index contributed by atoms with van der Waals surface area (Å²) in [5, 5.41) is 11.7. The Hall–Kier alpha value is -2.71. The molecule has 0 radical (unpaired) electrons. The zero-order chi connectivity index (χ0) is 20.7. The number of aryl methyl sites for hydroxylation is 1. The van der Waals surface area contributed by atoms with Gasteiger partial charge in [-0.15, -0.1) is 0 Å². The largest absolute Gasteiger partial charge is 0.480 e. The molecule has 0 saturated carbocycles. The molecule has 7 nitrogen and oxygen atoms in total. The van der Waals surface area contributed by atoms with Crippen LogP contribution in [0.2, 0.25) is 0 Å². The lowest BCUT2D eigenvalue weighted by molar-refractivity contribution is -0.139. The third-order valence-electron chi connectivity index (χ3n) is 4.25. The molecular weight excluding hydrogens is 382 g/mol. The van der Waals surface area contributed by atoms with E-state index in [4.69, 9.17) is 4.55 Å². The highest BCUT2D eigenvalue weighted by atomic mass is 32.2. The van der Waals surface area contributed by atoms with Crippen LogP contribution in [0, 0.1) is 0 Å². The quantitative estimate of drug-likeness (QED) is 0.552. The molecule has 0 aliphatic carbocycles. The number of carboxylic acids is 1. The fraction of sp³-hybridized carbons (Fsp3) is 0.300. The predicted molar refractivity (Wildman–Crippen MR) is 106 cm³/mol. The molecule has 0 aliphatic rings. The van der Waals surface area contributed by atoms with E-state index in [9.17, 15) is 23.1 Å². The molecule has 8 heteroatoms. The number of hydrogen-bond donors (Lipinski definition) is 3. The van der Waals surface area contributed by atoms with Gasteiger partial charge in [-0.05, 0) is 29.5 Å². The highest BCUT2D eigenvalue weighted by Crippen LogP contribution is 2.27. The van der Waals surface area contributed by atoms with Gasteiger partial charge in [-0.2, -0.15) is 8.42 Å². The van der Waals surface area contributed by atoms with Gasteiger partial charge in [-0.3, -0.25) is 9.35 Å². The van der Waals surface area contributed by atoms with Crippen molar-refractivity contribution in [3.05, 3.63) is 59.7 Å². The van der Waals surface area contributed by atoms with E-state index in [0.29, 0.717) is 17.5 Å². The van der Waals surface area contributed by atoms with Crippen LogP contribution in [0.1, 0.15) is 35.7 Å². The van der Waals surface area contributed by atoms with Crippen LogP contribution in [0.15, 0.2) is 48.5 Å². The van der Waals surface area contributed by atoms with Crippen LogP contribution in [-0.4, -0.2) is 41.7 Å². The van der Waals surface area contributed by atoms with Crippen LogP contribution in [-0.2, 0) is 21.3 Å². The zero-order valence-corrected chi connectivity index (χ0v) is 16.3. The van der Waals surface area contributed by atoms with Crippen molar-refractivity contribution in [3.8, 4) is 11.1 Å². The van der Waals surface area contributed by atoms with Crippen molar-refractivity contribution in [2.24, 2.45) is 0 Å². The minimum atomic E-state index is -4.34.